The van der Waals surface area contributed by atoms with E-state index in [4.69, 9.17) is 4.52 Å². The molecule has 6 nitrogen and oxygen atoms in total. The normalized spacial score (nSPS) is 23.8. The van der Waals surface area contributed by atoms with Gasteiger partial charge in [-0.05, 0) is 38.5 Å². The van der Waals surface area contributed by atoms with E-state index in [-0.39, 0.29) is 11.8 Å². The van der Waals surface area contributed by atoms with E-state index in [1.165, 1.54) is 0 Å². The molecule has 1 aliphatic carbocycles. The monoisotopic (exact) mass is 313 g/mol. The summed E-state index contributed by atoms with van der Waals surface area (Å²) in [7, 11) is -3.09. The Hall–Kier alpha value is -0.950. The lowest BCUT2D eigenvalue weighted by Gasteiger charge is -2.23. The van der Waals surface area contributed by atoms with Crippen LogP contribution < -0.4 is 0 Å². The van der Waals surface area contributed by atoms with E-state index >= 15 is 0 Å². The molecule has 1 saturated heterocycles. The highest BCUT2D eigenvalue weighted by molar-refractivity contribution is 7.89. The van der Waals surface area contributed by atoms with Crippen LogP contribution in [0, 0.1) is 0 Å². The summed E-state index contributed by atoms with van der Waals surface area (Å²) < 4.78 is 31.4. The quantitative estimate of drug-likeness (QED) is 0.770. The number of hydrogen-bond donors (Lipinski definition) is 0. The first kappa shape index (κ1) is 15.0. The third-order valence-corrected chi connectivity index (χ3v) is 6.37. The van der Waals surface area contributed by atoms with Crippen LogP contribution in [0.1, 0.15) is 63.1 Å². The molecule has 3 rings (SSSR count). The minimum absolute atomic E-state index is 0.101. The standard InChI is InChI=1S/C14H23N3O3S/c1-2-10-21(18,19)17-9-3-4-12(17)7-8-13-15-14(20-16-13)11-5-6-11/h11-12H,2-10H2,1H3. The van der Waals surface area contributed by atoms with Gasteiger partial charge in [-0.25, -0.2) is 8.42 Å². The largest absolute Gasteiger partial charge is 0.339 e. The third-order valence-electron chi connectivity index (χ3n) is 4.25. The first-order valence-electron chi connectivity index (χ1n) is 7.92. The fourth-order valence-corrected chi connectivity index (χ4v) is 4.82. The van der Waals surface area contributed by atoms with Crippen LogP contribution in [0.5, 0.6) is 0 Å². The summed E-state index contributed by atoms with van der Waals surface area (Å²) in [6.45, 7) is 2.56. The molecule has 2 heterocycles. The number of hydrogen-bond acceptors (Lipinski definition) is 5. The maximum Gasteiger partial charge on any atom is 0.229 e. The van der Waals surface area contributed by atoms with Crippen molar-refractivity contribution >= 4 is 10.0 Å². The van der Waals surface area contributed by atoms with Crippen molar-refractivity contribution in [2.45, 2.75) is 63.8 Å². The summed E-state index contributed by atoms with van der Waals surface area (Å²) >= 11 is 0. The maximum absolute atomic E-state index is 12.2. The Labute approximate surface area is 126 Å². The van der Waals surface area contributed by atoms with Gasteiger partial charge in [-0.2, -0.15) is 9.29 Å². The zero-order valence-electron chi connectivity index (χ0n) is 12.5. The summed E-state index contributed by atoms with van der Waals surface area (Å²) in [4.78, 5) is 4.41. The van der Waals surface area contributed by atoms with Crippen molar-refractivity contribution in [3.8, 4) is 0 Å². The molecular weight excluding hydrogens is 290 g/mol. The number of aromatic nitrogens is 2. The van der Waals surface area contributed by atoms with Crippen LogP contribution in [0.3, 0.4) is 0 Å². The summed E-state index contributed by atoms with van der Waals surface area (Å²) in [5.74, 6) is 2.19. The first-order chi connectivity index (χ1) is 10.1. The fourth-order valence-electron chi connectivity index (χ4n) is 3.00. The van der Waals surface area contributed by atoms with Gasteiger partial charge in [0.05, 0.1) is 5.75 Å². The number of rotatable bonds is 7. The Morgan fingerprint density at radius 2 is 2.14 bits per heavy atom. The minimum atomic E-state index is -3.09. The molecule has 0 radical (unpaired) electrons. The fraction of sp³-hybridized carbons (Fsp3) is 0.857. The highest BCUT2D eigenvalue weighted by Crippen LogP contribution is 2.38. The van der Waals surface area contributed by atoms with Gasteiger partial charge in [0.2, 0.25) is 15.9 Å². The highest BCUT2D eigenvalue weighted by Gasteiger charge is 2.34. The summed E-state index contributed by atoms with van der Waals surface area (Å²) in [5.41, 5.74) is 0. The van der Waals surface area contributed by atoms with E-state index in [0.29, 0.717) is 25.3 Å². The molecule has 1 unspecified atom stereocenters. The van der Waals surface area contributed by atoms with Gasteiger partial charge in [-0.15, -0.1) is 0 Å². The van der Waals surface area contributed by atoms with Crippen LogP contribution in [0.15, 0.2) is 4.52 Å². The lowest BCUT2D eigenvalue weighted by atomic mass is 10.1. The molecule has 118 valence electrons. The van der Waals surface area contributed by atoms with Crippen molar-refractivity contribution in [1.29, 1.82) is 0 Å². The van der Waals surface area contributed by atoms with Crippen molar-refractivity contribution in [3.05, 3.63) is 11.7 Å². The topological polar surface area (TPSA) is 76.3 Å². The number of aryl methyl sites for hydroxylation is 1. The Kier molecular flexibility index (Phi) is 4.31. The zero-order valence-corrected chi connectivity index (χ0v) is 13.3. The average molecular weight is 313 g/mol. The molecule has 0 aromatic carbocycles. The molecule has 21 heavy (non-hydrogen) atoms. The van der Waals surface area contributed by atoms with Gasteiger partial charge in [0.1, 0.15) is 0 Å². The van der Waals surface area contributed by atoms with E-state index in [0.717, 1.165) is 43.8 Å². The van der Waals surface area contributed by atoms with Gasteiger partial charge in [-0.3, -0.25) is 0 Å². The molecule has 7 heteroatoms. The van der Waals surface area contributed by atoms with Gasteiger partial charge >= 0.3 is 0 Å². The van der Waals surface area contributed by atoms with E-state index in [1.807, 2.05) is 6.92 Å². The van der Waals surface area contributed by atoms with Crippen molar-refractivity contribution < 1.29 is 12.9 Å². The lowest BCUT2D eigenvalue weighted by molar-refractivity contribution is 0.357. The van der Waals surface area contributed by atoms with E-state index < -0.39 is 10.0 Å². The van der Waals surface area contributed by atoms with E-state index in [2.05, 4.69) is 10.1 Å². The third kappa shape index (κ3) is 3.45. The van der Waals surface area contributed by atoms with Crippen molar-refractivity contribution in [3.63, 3.8) is 0 Å². The lowest BCUT2D eigenvalue weighted by Crippen LogP contribution is -2.37. The van der Waals surface area contributed by atoms with Gasteiger partial charge in [0.15, 0.2) is 5.82 Å². The molecule has 0 N–H and O–H groups in total. The molecule has 0 amide bonds. The molecule has 1 aromatic rings. The maximum atomic E-state index is 12.2. The average Bonchev–Trinajstić information content (AvgIpc) is 3.00. The second-order valence-electron chi connectivity index (χ2n) is 6.08. The molecule has 0 bridgehead atoms. The SMILES string of the molecule is CCCS(=O)(=O)N1CCCC1CCc1noc(C2CC2)n1. The second kappa shape index (κ2) is 6.04. The second-order valence-corrected chi connectivity index (χ2v) is 8.13. The van der Waals surface area contributed by atoms with Crippen molar-refractivity contribution in [2.75, 3.05) is 12.3 Å². The van der Waals surface area contributed by atoms with Crippen LogP contribution in [0.25, 0.3) is 0 Å². The number of nitrogens with zero attached hydrogens (tertiary/aromatic N) is 3. The zero-order chi connectivity index (χ0) is 14.9. The van der Waals surface area contributed by atoms with Crippen LogP contribution in [0.2, 0.25) is 0 Å². The smallest absolute Gasteiger partial charge is 0.229 e. The summed E-state index contributed by atoms with van der Waals surface area (Å²) in [6, 6.07) is 0.101. The van der Waals surface area contributed by atoms with Crippen LogP contribution in [0.4, 0.5) is 0 Å². The van der Waals surface area contributed by atoms with Gasteiger partial charge < -0.3 is 4.52 Å². The van der Waals surface area contributed by atoms with Crippen molar-refractivity contribution in [2.24, 2.45) is 0 Å². The van der Waals surface area contributed by atoms with Crippen LogP contribution in [-0.2, 0) is 16.4 Å². The molecular formula is C14H23N3O3S. The van der Waals surface area contributed by atoms with Gasteiger partial charge in [0.25, 0.3) is 0 Å². The van der Waals surface area contributed by atoms with Crippen molar-refractivity contribution in [1.82, 2.24) is 14.4 Å². The molecule has 1 saturated carbocycles. The van der Waals surface area contributed by atoms with Crippen LogP contribution >= 0.6 is 0 Å². The van der Waals surface area contributed by atoms with E-state index in [9.17, 15) is 8.42 Å². The molecule has 1 atom stereocenters. The van der Waals surface area contributed by atoms with Crippen LogP contribution in [-0.4, -0.2) is 41.2 Å². The predicted molar refractivity (Wildman–Crippen MR) is 78.4 cm³/mol. The molecule has 2 fully saturated rings. The van der Waals surface area contributed by atoms with Gasteiger partial charge in [0, 0.05) is 24.9 Å². The highest BCUT2D eigenvalue weighted by atomic mass is 32.2. The molecule has 1 aromatic heterocycles. The molecule has 0 spiro atoms. The molecule has 2 aliphatic rings. The summed E-state index contributed by atoms with van der Waals surface area (Å²) in [5, 5.41) is 4.01. The first-order valence-corrected chi connectivity index (χ1v) is 9.53. The predicted octanol–water partition coefficient (Wildman–Crippen LogP) is 2.08. The Morgan fingerprint density at radius 1 is 1.33 bits per heavy atom. The summed E-state index contributed by atoms with van der Waals surface area (Å²) in [6.07, 6.45) is 6.33. The Bertz CT molecular complexity index is 580. The Balaban J connectivity index is 1.58. The van der Waals surface area contributed by atoms with Gasteiger partial charge in [-0.1, -0.05) is 12.1 Å². The van der Waals surface area contributed by atoms with E-state index in [1.54, 1.807) is 4.31 Å². The molecule has 1 aliphatic heterocycles. The minimum Gasteiger partial charge on any atom is -0.339 e. The number of sulfonamides is 1. The Morgan fingerprint density at radius 3 is 2.86 bits per heavy atom.